The van der Waals surface area contributed by atoms with E-state index in [9.17, 15) is 17.6 Å². The van der Waals surface area contributed by atoms with Crippen molar-refractivity contribution in [3.05, 3.63) is 130 Å². The van der Waals surface area contributed by atoms with Gasteiger partial charge in [0.1, 0.15) is 18.2 Å². The molecule has 0 fully saturated rings. The van der Waals surface area contributed by atoms with Crippen LogP contribution in [0.2, 0.25) is 0 Å². The molecule has 4 rings (SSSR count). The standard InChI is InChI=1S/C30H27BrFN3O4S/c1-21-7-14-26(15-8-21)40(37,38)35-28(24-5-3-2-4-6-24)18-30(36)34-33-19-23-11-16-29(27(31)17-23)39-20-22-9-12-25(32)13-10-22/h2-17,19,28,35H,18,20H2,1H3,(H,34,36)/b33-19-/t28-/m1/s1. The Morgan fingerprint density at radius 1 is 1.00 bits per heavy atom. The van der Waals surface area contributed by atoms with Gasteiger partial charge in [0.25, 0.3) is 0 Å². The van der Waals surface area contributed by atoms with Crippen molar-refractivity contribution in [2.24, 2.45) is 5.10 Å². The molecule has 4 aromatic carbocycles. The number of benzene rings is 4. The minimum absolute atomic E-state index is 0.119. The normalized spacial score (nSPS) is 12.3. The Morgan fingerprint density at radius 3 is 2.38 bits per heavy atom. The molecule has 0 aromatic heterocycles. The van der Waals surface area contributed by atoms with Crippen LogP contribution in [-0.2, 0) is 21.4 Å². The summed E-state index contributed by atoms with van der Waals surface area (Å²) in [6, 6.07) is 26.0. The lowest BCUT2D eigenvalue weighted by atomic mass is 10.0. The van der Waals surface area contributed by atoms with Crippen molar-refractivity contribution in [2.75, 3.05) is 0 Å². The molecule has 0 saturated heterocycles. The average molecular weight is 625 g/mol. The van der Waals surface area contributed by atoms with E-state index in [2.05, 4.69) is 31.2 Å². The van der Waals surface area contributed by atoms with Gasteiger partial charge in [-0.25, -0.2) is 23.0 Å². The maximum atomic E-state index is 13.1. The minimum atomic E-state index is -3.87. The quantitative estimate of drug-likeness (QED) is 0.157. The lowest BCUT2D eigenvalue weighted by Crippen LogP contribution is -2.32. The fraction of sp³-hybridized carbons (Fsp3) is 0.133. The van der Waals surface area contributed by atoms with E-state index in [1.54, 1.807) is 66.7 Å². The fourth-order valence-corrected chi connectivity index (χ4v) is 5.49. The van der Waals surface area contributed by atoms with Crippen molar-refractivity contribution in [1.82, 2.24) is 10.1 Å². The number of hydrogen-bond acceptors (Lipinski definition) is 5. The molecule has 0 radical (unpaired) electrons. The van der Waals surface area contributed by atoms with E-state index >= 15 is 0 Å². The highest BCUT2D eigenvalue weighted by Gasteiger charge is 2.23. The summed E-state index contributed by atoms with van der Waals surface area (Å²) in [4.78, 5) is 12.9. The zero-order valence-corrected chi connectivity index (χ0v) is 24.0. The molecule has 0 aliphatic carbocycles. The summed E-state index contributed by atoms with van der Waals surface area (Å²) in [5.74, 6) is -0.174. The number of halogens is 2. The summed E-state index contributed by atoms with van der Waals surface area (Å²) < 4.78 is 48.2. The predicted molar refractivity (Wildman–Crippen MR) is 156 cm³/mol. The first-order valence-corrected chi connectivity index (χ1v) is 14.6. The third kappa shape index (κ3) is 8.32. The number of aryl methyl sites for hydroxylation is 1. The summed E-state index contributed by atoms with van der Waals surface area (Å²) >= 11 is 3.46. The van der Waals surface area contributed by atoms with E-state index in [-0.39, 0.29) is 23.7 Å². The second-order valence-electron chi connectivity index (χ2n) is 9.00. The number of hydrogen-bond donors (Lipinski definition) is 2. The van der Waals surface area contributed by atoms with E-state index in [0.717, 1.165) is 11.1 Å². The molecule has 0 heterocycles. The first-order valence-electron chi connectivity index (χ1n) is 12.3. The number of nitrogens with zero attached hydrogens (tertiary/aromatic N) is 1. The molecule has 2 N–H and O–H groups in total. The molecule has 0 unspecified atom stereocenters. The molecular weight excluding hydrogens is 597 g/mol. The Balaban J connectivity index is 1.37. The molecule has 1 atom stereocenters. The van der Waals surface area contributed by atoms with Crippen molar-refractivity contribution in [1.29, 1.82) is 0 Å². The van der Waals surface area contributed by atoms with Crippen LogP contribution in [0.25, 0.3) is 0 Å². The number of ether oxygens (including phenoxy) is 1. The van der Waals surface area contributed by atoms with Gasteiger partial charge in [0, 0.05) is 6.42 Å². The first-order chi connectivity index (χ1) is 19.2. The largest absolute Gasteiger partial charge is 0.488 e. The number of carbonyl (C=O) groups is 1. The van der Waals surface area contributed by atoms with Crippen LogP contribution >= 0.6 is 15.9 Å². The van der Waals surface area contributed by atoms with Crippen LogP contribution in [0.15, 0.2) is 112 Å². The van der Waals surface area contributed by atoms with Crippen LogP contribution < -0.4 is 14.9 Å². The number of hydrazone groups is 1. The minimum Gasteiger partial charge on any atom is -0.488 e. The summed E-state index contributed by atoms with van der Waals surface area (Å²) in [7, 11) is -3.87. The van der Waals surface area contributed by atoms with Gasteiger partial charge in [-0.2, -0.15) is 5.10 Å². The molecular formula is C30H27BrFN3O4S. The van der Waals surface area contributed by atoms with E-state index in [0.29, 0.717) is 21.3 Å². The van der Waals surface area contributed by atoms with Gasteiger partial charge in [-0.1, -0.05) is 60.2 Å². The van der Waals surface area contributed by atoms with E-state index in [1.165, 1.54) is 30.5 Å². The molecule has 0 saturated carbocycles. The average Bonchev–Trinajstić information content (AvgIpc) is 2.94. The number of nitrogens with one attached hydrogen (secondary N) is 2. The highest BCUT2D eigenvalue weighted by Crippen LogP contribution is 2.26. The SMILES string of the molecule is Cc1ccc(S(=O)(=O)N[C@H](CC(=O)N/N=C\c2ccc(OCc3ccc(F)cc3)c(Br)c2)c2ccccc2)cc1. The van der Waals surface area contributed by atoms with Gasteiger partial charge in [0.2, 0.25) is 15.9 Å². The lowest BCUT2D eigenvalue weighted by molar-refractivity contribution is -0.121. The van der Waals surface area contributed by atoms with Crippen molar-refractivity contribution in [3.8, 4) is 5.75 Å². The van der Waals surface area contributed by atoms with Gasteiger partial charge in [0.15, 0.2) is 0 Å². The lowest BCUT2D eigenvalue weighted by Gasteiger charge is -2.18. The molecule has 0 spiro atoms. The van der Waals surface area contributed by atoms with E-state index in [4.69, 9.17) is 4.74 Å². The summed E-state index contributed by atoms with van der Waals surface area (Å²) in [5.41, 5.74) is 5.58. The van der Waals surface area contributed by atoms with Crippen LogP contribution in [0.1, 0.15) is 34.7 Å². The second kappa shape index (κ2) is 13.5. The smallest absolute Gasteiger partial charge is 0.242 e. The first kappa shape index (κ1) is 29.1. The van der Waals surface area contributed by atoms with Gasteiger partial charge in [-0.05, 0) is 82.0 Å². The van der Waals surface area contributed by atoms with E-state index in [1.807, 2.05) is 13.0 Å². The molecule has 1 amide bonds. The molecule has 10 heteroatoms. The van der Waals surface area contributed by atoms with Crippen molar-refractivity contribution >= 4 is 38.1 Å². The Bertz CT molecular complexity index is 1580. The number of carbonyl (C=O) groups excluding carboxylic acids is 1. The van der Waals surface area contributed by atoms with Crippen LogP contribution in [0, 0.1) is 12.7 Å². The molecule has 206 valence electrons. The van der Waals surface area contributed by atoms with Crippen LogP contribution in [0.5, 0.6) is 5.75 Å². The van der Waals surface area contributed by atoms with Crippen LogP contribution in [0.4, 0.5) is 4.39 Å². The summed E-state index contributed by atoms with van der Waals surface area (Å²) in [6.45, 7) is 2.15. The number of amides is 1. The van der Waals surface area contributed by atoms with Gasteiger partial charge < -0.3 is 4.74 Å². The van der Waals surface area contributed by atoms with E-state index < -0.39 is 22.0 Å². The summed E-state index contributed by atoms with van der Waals surface area (Å²) in [6.07, 6.45) is 1.31. The van der Waals surface area contributed by atoms with Gasteiger partial charge in [0.05, 0.1) is 21.6 Å². The fourth-order valence-electron chi connectivity index (χ4n) is 3.75. The second-order valence-corrected chi connectivity index (χ2v) is 11.6. The van der Waals surface area contributed by atoms with Crippen molar-refractivity contribution in [3.63, 3.8) is 0 Å². The monoisotopic (exact) mass is 623 g/mol. The van der Waals surface area contributed by atoms with Crippen LogP contribution in [-0.4, -0.2) is 20.5 Å². The summed E-state index contributed by atoms with van der Waals surface area (Å²) in [5, 5.41) is 4.03. The molecule has 0 bridgehead atoms. The third-order valence-corrected chi connectivity index (χ3v) is 7.99. The van der Waals surface area contributed by atoms with Crippen LogP contribution in [0.3, 0.4) is 0 Å². The van der Waals surface area contributed by atoms with Gasteiger partial charge >= 0.3 is 0 Å². The van der Waals surface area contributed by atoms with Gasteiger partial charge in [-0.15, -0.1) is 0 Å². The number of rotatable bonds is 11. The highest BCUT2D eigenvalue weighted by molar-refractivity contribution is 9.10. The predicted octanol–water partition coefficient (Wildman–Crippen LogP) is 6.04. The Hall–Kier alpha value is -3.86. The Morgan fingerprint density at radius 2 is 1.70 bits per heavy atom. The Labute approximate surface area is 241 Å². The number of sulfonamides is 1. The zero-order valence-electron chi connectivity index (χ0n) is 21.6. The maximum absolute atomic E-state index is 13.1. The molecule has 4 aromatic rings. The zero-order chi connectivity index (χ0) is 28.5. The van der Waals surface area contributed by atoms with Gasteiger partial charge in [-0.3, -0.25) is 4.79 Å². The van der Waals surface area contributed by atoms with Crippen molar-refractivity contribution < 1.29 is 22.3 Å². The highest BCUT2D eigenvalue weighted by atomic mass is 79.9. The molecule has 0 aliphatic rings. The Kier molecular flexibility index (Phi) is 9.81. The maximum Gasteiger partial charge on any atom is 0.242 e. The molecule has 40 heavy (non-hydrogen) atoms. The molecule has 7 nitrogen and oxygen atoms in total. The van der Waals surface area contributed by atoms with Crippen molar-refractivity contribution in [2.45, 2.75) is 30.9 Å². The third-order valence-electron chi connectivity index (χ3n) is 5.89. The molecule has 0 aliphatic heterocycles. The topological polar surface area (TPSA) is 96.9 Å².